The van der Waals surface area contributed by atoms with Gasteiger partial charge in [-0.2, -0.15) is 0 Å². The lowest BCUT2D eigenvalue weighted by Gasteiger charge is -2.12. The number of nitrogens with zero attached hydrogens (tertiary/aromatic N) is 1. The number of benzene rings is 1. The Hall–Kier alpha value is -1.46. The number of fused-ring (bicyclic) bond motifs is 1. The van der Waals surface area contributed by atoms with Crippen molar-refractivity contribution in [3.63, 3.8) is 0 Å². The van der Waals surface area contributed by atoms with Gasteiger partial charge in [0.25, 0.3) is 0 Å². The zero-order valence-corrected chi connectivity index (χ0v) is 11.2. The van der Waals surface area contributed by atoms with Gasteiger partial charge < -0.3 is 24.8 Å². The highest BCUT2D eigenvalue weighted by Crippen LogP contribution is 2.37. The Labute approximate surface area is 113 Å². The Balaban J connectivity index is 1.55. The molecule has 19 heavy (non-hydrogen) atoms. The lowest BCUT2D eigenvalue weighted by atomic mass is 10.1. The molecule has 1 unspecified atom stereocenters. The molecule has 2 heterocycles. The van der Waals surface area contributed by atoms with Crippen LogP contribution >= 0.6 is 0 Å². The Morgan fingerprint density at radius 3 is 2.89 bits per heavy atom. The number of likely N-dealkylation sites (tertiary alicyclic amines) is 1. The van der Waals surface area contributed by atoms with Gasteiger partial charge in [-0.15, -0.1) is 0 Å². The van der Waals surface area contributed by atoms with E-state index in [-0.39, 0.29) is 12.5 Å². The van der Waals surface area contributed by atoms with E-state index in [2.05, 4.69) is 17.3 Å². The van der Waals surface area contributed by atoms with Gasteiger partial charge in [-0.05, 0) is 38.5 Å². The van der Waals surface area contributed by atoms with Crippen LogP contribution in [-0.4, -0.2) is 43.5 Å². The molecule has 5 nitrogen and oxygen atoms in total. The normalized spacial score (nSPS) is 22.1. The molecule has 0 saturated carbocycles. The SMILES string of the molecule is CN1CCC(CNCc2cc3c(cc2O)OCO3)C1. The number of phenols is 1. The van der Waals surface area contributed by atoms with Crippen LogP contribution < -0.4 is 14.8 Å². The largest absolute Gasteiger partial charge is 0.507 e. The fourth-order valence-corrected chi connectivity index (χ4v) is 2.72. The van der Waals surface area contributed by atoms with E-state index in [9.17, 15) is 5.11 Å². The second-order valence-electron chi connectivity index (χ2n) is 5.38. The fraction of sp³-hybridized carbons (Fsp3) is 0.571. The molecular formula is C14H20N2O3. The zero-order chi connectivity index (χ0) is 13.2. The van der Waals surface area contributed by atoms with Crippen molar-refractivity contribution in [2.24, 2.45) is 5.92 Å². The third-order valence-electron chi connectivity index (χ3n) is 3.81. The molecule has 104 valence electrons. The minimum atomic E-state index is 0.236. The maximum absolute atomic E-state index is 9.92. The Morgan fingerprint density at radius 2 is 2.16 bits per heavy atom. The molecule has 2 N–H and O–H groups in total. The first-order valence-electron chi connectivity index (χ1n) is 6.73. The van der Waals surface area contributed by atoms with Crippen LogP contribution in [0.25, 0.3) is 0 Å². The van der Waals surface area contributed by atoms with Crippen molar-refractivity contribution in [2.45, 2.75) is 13.0 Å². The smallest absolute Gasteiger partial charge is 0.231 e. The van der Waals surface area contributed by atoms with Crippen LogP contribution in [0.2, 0.25) is 0 Å². The lowest BCUT2D eigenvalue weighted by molar-refractivity contribution is 0.174. The van der Waals surface area contributed by atoms with Gasteiger partial charge in [-0.1, -0.05) is 0 Å². The Morgan fingerprint density at radius 1 is 1.37 bits per heavy atom. The number of hydrogen-bond donors (Lipinski definition) is 2. The first-order valence-corrected chi connectivity index (χ1v) is 6.73. The molecule has 5 heteroatoms. The van der Waals surface area contributed by atoms with E-state index in [1.165, 1.54) is 13.0 Å². The molecule has 1 fully saturated rings. The van der Waals surface area contributed by atoms with E-state index in [1.807, 2.05) is 6.07 Å². The second kappa shape index (κ2) is 5.27. The van der Waals surface area contributed by atoms with Crippen molar-refractivity contribution in [3.05, 3.63) is 17.7 Å². The average Bonchev–Trinajstić information content (AvgIpc) is 2.98. The van der Waals surface area contributed by atoms with Crippen molar-refractivity contribution in [1.29, 1.82) is 0 Å². The molecule has 0 aromatic heterocycles. The molecule has 1 aromatic rings. The molecule has 0 spiro atoms. The van der Waals surface area contributed by atoms with Crippen molar-refractivity contribution in [1.82, 2.24) is 10.2 Å². The molecule has 0 amide bonds. The monoisotopic (exact) mass is 264 g/mol. The predicted molar refractivity (Wildman–Crippen MR) is 71.5 cm³/mol. The molecule has 1 saturated heterocycles. The van der Waals surface area contributed by atoms with E-state index in [1.54, 1.807) is 6.07 Å². The minimum Gasteiger partial charge on any atom is -0.507 e. The second-order valence-corrected chi connectivity index (χ2v) is 5.38. The molecule has 0 bridgehead atoms. The molecular weight excluding hydrogens is 244 g/mol. The number of ether oxygens (including phenoxy) is 2. The highest BCUT2D eigenvalue weighted by molar-refractivity contribution is 5.51. The van der Waals surface area contributed by atoms with Gasteiger partial charge in [0.15, 0.2) is 11.5 Å². The lowest BCUT2D eigenvalue weighted by Crippen LogP contribution is -2.24. The third-order valence-corrected chi connectivity index (χ3v) is 3.81. The molecule has 1 aromatic carbocycles. The summed E-state index contributed by atoms with van der Waals surface area (Å²) in [6.45, 7) is 4.21. The van der Waals surface area contributed by atoms with Crippen molar-refractivity contribution >= 4 is 0 Å². The number of rotatable bonds is 4. The Kier molecular flexibility index (Phi) is 3.48. The number of phenolic OH excluding ortho intramolecular Hbond substituents is 1. The quantitative estimate of drug-likeness (QED) is 0.855. The van der Waals surface area contributed by atoms with E-state index < -0.39 is 0 Å². The number of nitrogens with one attached hydrogen (secondary N) is 1. The Bertz CT molecular complexity index is 464. The predicted octanol–water partition coefficient (Wildman–Crippen LogP) is 1.16. The third kappa shape index (κ3) is 2.77. The average molecular weight is 264 g/mol. The van der Waals surface area contributed by atoms with E-state index in [0.29, 0.717) is 18.2 Å². The molecule has 2 aliphatic heterocycles. The molecule has 1 atom stereocenters. The summed E-state index contributed by atoms with van der Waals surface area (Å²) in [6.07, 6.45) is 1.25. The maximum Gasteiger partial charge on any atom is 0.231 e. The summed E-state index contributed by atoms with van der Waals surface area (Å²) in [5.41, 5.74) is 0.857. The molecule has 0 aliphatic carbocycles. The molecule has 0 radical (unpaired) electrons. The van der Waals surface area contributed by atoms with Gasteiger partial charge in [0.2, 0.25) is 6.79 Å². The van der Waals surface area contributed by atoms with Gasteiger partial charge in [-0.25, -0.2) is 0 Å². The van der Waals surface area contributed by atoms with E-state index in [4.69, 9.17) is 9.47 Å². The van der Waals surface area contributed by atoms with E-state index in [0.717, 1.165) is 24.4 Å². The topological polar surface area (TPSA) is 54.0 Å². The van der Waals surface area contributed by atoms with Crippen molar-refractivity contribution in [3.8, 4) is 17.2 Å². The van der Waals surface area contributed by atoms with Crippen molar-refractivity contribution in [2.75, 3.05) is 33.5 Å². The zero-order valence-electron chi connectivity index (χ0n) is 11.2. The summed E-state index contributed by atoms with van der Waals surface area (Å²) >= 11 is 0. The summed E-state index contributed by atoms with van der Waals surface area (Å²) < 4.78 is 10.5. The number of aromatic hydroxyl groups is 1. The summed E-state index contributed by atoms with van der Waals surface area (Å²) in [4.78, 5) is 2.35. The summed E-state index contributed by atoms with van der Waals surface area (Å²) in [7, 11) is 2.16. The first kappa shape index (κ1) is 12.6. The van der Waals surface area contributed by atoms with Gasteiger partial charge in [0.1, 0.15) is 5.75 Å². The van der Waals surface area contributed by atoms with Crippen LogP contribution in [0.1, 0.15) is 12.0 Å². The summed E-state index contributed by atoms with van der Waals surface area (Å²) in [5, 5.41) is 13.3. The van der Waals surface area contributed by atoms with Gasteiger partial charge in [0, 0.05) is 24.7 Å². The highest BCUT2D eigenvalue weighted by atomic mass is 16.7. The van der Waals surface area contributed by atoms with Gasteiger partial charge >= 0.3 is 0 Å². The van der Waals surface area contributed by atoms with Gasteiger partial charge in [0.05, 0.1) is 0 Å². The fourth-order valence-electron chi connectivity index (χ4n) is 2.72. The highest BCUT2D eigenvalue weighted by Gasteiger charge is 2.20. The van der Waals surface area contributed by atoms with Crippen LogP contribution in [0, 0.1) is 5.92 Å². The van der Waals surface area contributed by atoms with Crippen LogP contribution in [-0.2, 0) is 6.54 Å². The summed E-state index contributed by atoms with van der Waals surface area (Å²) in [5.74, 6) is 2.32. The minimum absolute atomic E-state index is 0.236. The van der Waals surface area contributed by atoms with Gasteiger partial charge in [-0.3, -0.25) is 0 Å². The van der Waals surface area contributed by atoms with E-state index >= 15 is 0 Å². The molecule has 2 aliphatic rings. The first-order chi connectivity index (χ1) is 9.22. The van der Waals surface area contributed by atoms with Crippen molar-refractivity contribution < 1.29 is 14.6 Å². The molecule has 3 rings (SSSR count). The van der Waals surface area contributed by atoms with Crippen LogP contribution in [0.3, 0.4) is 0 Å². The standard InChI is InChI=1S/C14H20N2O3/c1-16-3-2-10(8-16)6-15-7-11-4-13-14(5-12(11)17)19-9-18-13/h4-5,10,15,17H,2-3,6-9H2,1H3. The number of hydrogen-bond acceptors (Lipinski definition) is 5. The van der Waals surface area contributed by atoms with Crippen LogP contribution in [0.15, 0.2) is 12.1 Å². The maximum atomic E-state index is 9.92. The summed E-state index contributed by atoms with van der Waals surface area (Å²) in [6, 6.07) is 3.48. The van der Waals surface area contributed by atoms with Crippen LogP contribution in [0.5, 0.6) is 17.2 Å². The van der Waals surface area contributed by atoms with Crippen LogP contribution in [0.4, 0.5) is 0 Å².